The summed E-state index contributed by atoms with van der Waals surface area (Å²) >= 11 is 0. The zero-order chi connectivity index (χ0) is 24.6. The fraction of sp³-hybridized carbons (Fsp3) is 0.310. The van der Waals surface area contributed by atoms with Crippen LogP contribution in [0.2, 0.25) is 0 Å². The molecule has 5 nitrogen and oxygen atoms in total. The van der Waals surface area contributed by atoms with Crippen molar-refractivity contribution in [3.05, 3.63) is 84.6 Å². The van der Waals surface area contributed by atoms with E-state index in [0.717, 1.165) is 35.2 Å². The molecule has 0 radical (unpaired) electrons. The van der Waals surface area contributed by atoms with Crippen LogP contribution in [0.25, 0.3) is 27.7 Å². The average molecular weight is 472 g/mol. The van der Waals surface area contributed by atoms with Gasteiger partial charge in [-0.3, -0.25) is 4.98 Å². The molecule has 1 aliphatic rings. The van der Waals surface area contributed by atoms with Crippen molar-refractivity contribution in [2.24, 2.45) is 0 Å². The summed E-state index contributed by atoms with van der Waals surface area (Å²) in [5.74, 6) is 0.0563. The van der Waals surface area contributed by atoms with Crippen molar-refractivity contribution in [3.63, 3.8) is 0 Å². The van der Waals surface area contributed by atoms with Crippen LogP contribution in [-0.4, -0.2) is 39.2 Å². The number of pyridine rings is 1. The van der Waals surface area contributed by atoms with Crippen molar-refractivity contribution in [2.45, 2.75) is 45.1 Å². The largest absolute Gasteiger partial charge is 0.444 e. The highest BCUT2D eigenvalue weighted by atomic mass is 19.1. The second-order valence-corrected chi connectivity index (χ2v) is 10.1. The van der Waals surface area contributed by atoms with Gasteiger partial charge in [0.05, 0.1) is 5.52 Å². The van der Waals surface area contributed by atoms with Gasteiger partial charge in [0.25, 0.3) is 0 Å². The maximum atomic E-state index is 13.6. The minimum Gasteiger partial charge on any atom is -0.444 e. The molecule has 2 aromatic heterocycles. The standard InChI is InChI=1S/C29H30FN3O2/c1-29(2,3)35-28(34)32-15-12-20(13-16-32)26-19-33(24-9-7-23(30)8-10-24)27-11-6-21(17-25(26)27)22-5-4-14-31-18-22/h4-11,14,17-20H,12-13,15-16H2,1-3H3. The lowest BCUT2D eigenvalue weighted by molar-refractivity contribution is 0.0205. The number of ether oxygens (including phenoxy) is 1. The van der Waals surface area contributed by atoms with Crippen molar-refractivity contribution in [3.8, 4) is 16.8 Å². The first kappa shape index (κ1) is 23.1. The smallest absolute Gasteiger partial charge is 0.410 e. The van der Waals surface area contributed by atoms with Gasteiger partial charge in [0.2, 0.25) is 0 Å². The molecule has 1 saturated heterocycles. The van der Waals surface area contributed by atoms with E-state index in [0.29, 0.717) is 19.0 Å². The Morgan fingerprint density at radius 3 is 2.43 bits per heavy atom. The lowest BCUT2D eigenvalue weighted by atomic mass is 9.88. The molecule has 0 aliphatic carbocycles. The predicted molar refractivity (Wildman–Crippen MR) is 136 cm³/mol. The normalized spacial score (nSPS) is 14.9. The number of hydrogen-bond donors (Lipinski definition) is 0. The molecule has 1 aliphatic heterocycles. The van der Waals surface area contributed by atoms with Gasteiger partial charge in [0.1, 0.15) is 11.4 Å². The van der Waals surface area contributed by atoms with Crippen LogP contribution in [0, 0.1) is 5.82 Å². The van der Waals surface area contributed by atoms with Crippen LogP contribution in [0.3, 0.4) is 0 Å². The summed E-state index contributed by atoms with van der Waals surface area (Å²) in [7, 11) is 0. The number of nitrogens with zero attached hydrogens (tertiary/aromatic N) is 3. The summed E-state index contributed by atoms with van der Waals surface area (Å²) in [4.78, 5) is 18.6. The summed E-state index contributed by atoms with van der Waals surface area (Å²) in [5, 5.41) is 1.17. The number of piperidine rings is 1. The van der Waals surface area contributed by atoms with Crippen LogP contribution in [0.5, 0.6) is 0 Å². The molecule has 0 unspecified atom stereocenters. The molecule has 35 heavy (non-hydrogen) atoms. The van der Waals surface area contributed by atoms with Gasteiger partial charge >= 0.3 is 6.09 Å². The van der Waals surface area contributed by atoms with Crippen LogP contribution in [-0.2, 0) is 4.74 Å². The second-order valence-electron chi connectivity index (χ2n) is 10.1. The van der Waals surface area contributed by atoms with Gasteiger partial charge in [0.15, 0.2) is 0 Å². The van der Waals surface area contributed by atoms with E-state index in [1.165, 1.54) is 23.1 Å². The van der Waals surface area contributed by atoms with Gasteiger partial charge in [-0.15, -0.1) is 0 Å². The number of aromatic nitrogens is 2. The van der Waals surface area contributed by atoms with Gasteiger partial charge in [-0.05, 0) is 93.1 Å². The number of halogens is 1. The summed E-state index contributed by atoms with van der Waals surface area (Å²) in [6.45, 7) is 6.99. The van der Waals surface area contributed by atoms with Gasteiger partial charge in [-0.1, -0.05) is 12.1 Å². The van der Waals surface area contributed by atoms with E-state index in [9.17, 15) is 9.18 Å². The van der Waals surface area contributed by atoms with Crippen LogP contribution in [0.1, 0.15) is 45.1 Å². The molecule has 3 heterocycles. The summed E-state index contributed by atoms with van der Waals surface area (Å²) < 4.78 is 21.3. The van der Waals surface area contributed by atoms with E-state index in [2.05, 4.69) is 40.0 Å². The monoisotopic (exact) mass is 471 g/mol. The molecule has 2 aromatic carbocycles. The third-order valence-electron chi connectivity index (χ3n) is 6.52. The summed E-state index contributed by atoms with van der Waals surface area (Å²) in [5.41, 5.74) is 4.92. The molecule has 4 aromatic rings. The van der Waals surface area contributed by atoms with Gasteiger partial charge in [-0.25, -0.2) is 9.18 Å². The summed E-state index contributed by atoms with van der Waals surface area (Å²) in [6.07, 6.45) is 7.30. The highest BCUT2D eigenvalue weighted by Crippen LogP contribution is 2.38. The average Bonchev–Trinajstić information content (AvgIpc) is 3.23. The van der Waals surface area contributed by atoms with E-state index in [1.807, 2.05) is 37.9 Å². The SMILES string of the molecule is CC(C)(C)OC(=O)N1CCC(c2cn(-c3ccc(F)cc3)c3ccc(-c4cccnc4)cc23)CC1. The molecule has 1 amide bonds. The Morgan fingerprint density at radius 2 is 1.77 bits per heavy atom. The molecule has 180 valence electrons. The minimum absolute atomic E-state index is 0.247. The van der Waals surface area contributed by atoms with E-state index in [-0.39, 0.29) is 11.9 Å². The zero-order valence-corrected chi connectivity index (χ0v) is 20.4. The number of carbonyl (C=O) groups is 1. The minimum atomic E-state index is -0.501. The van der Waals surface area contributed by atoms with Crippen molar-refractivity contribution in [1.82, 2.24) is 14.5 Å². The Hall–Kier alpha value is -3.67. The first-order valence-electron chi connectivity index (χ1n) is 12.1. The van der Waals surface area contributed by atoms with Gasteiger partial charge < -0.3 is 14.2 Å². The quantitative estimate of drug-likeness (QED) is 0.325. The van der Waals surface area contributed by atoms with E-state index >= 15 is 0 Å². The van der Waals surface area contributed by atoms with Crippen LogP contribution < -0.4 is 0 Å². The third kappa shape index (κ3) is 4.92. The van der Waals surface area contributed by atoms with E-state index < -0.39 is 5.60 Å². The number of likely N-dealkylation sites (tertiary alicyclic amines) is 1. The first-order chi connectivity index (χ1) is 16.8. The number of carbonyl (C=O) groups excluding carboxylic acids is 1. The molecule has 0 spiro atoms. The number of fused-ring (bicyclic) bond motifs is 1. The van der Waals surface area contributed by atoms with Crippen LogP contribution in [0.15, 0.2) is 73.2 Å². The number of hydrogen-bond acceptors (Lipinski definition) is 3. The Morgan fingerprint density at radius 1 is 1.03 bits per heavy atom. The Bertz CT molecular complexity index is 1330. The maximum absolute atomic E-state index is 13.6. The van der Waals surface area contributed by atoms with E-state index in [4.69, 9.17) is 4.74 Å². The number of benzene rings is 2. The molecule has 0 bridgehead atoms. The maximum Gasteiger partial charge on any atom is 0.410 e. The number of rotatable bonds is 3. The Labute approximate surface area is 205 Å². The number of amides is 1. The lowest BCUT2D eigenvalue weighted by Gasteiger charge is -2.33. The molecule has 0 N–H and O–H groups in total. The Kier molecular flexibility index (Phi) is 6.05. The van der Waals surface area contributed by atoms with Crippen molar-refractivity contribution in [2.75, 3.05) is 13.1 Å². The fourth-order valence-corrected chi connectivity index (χ4v) is 4.81. The van der Waals surface area contributed by atoms with E-state index in [1.54, 1.807) is 18.3 Å². The van der Waals surface area contributed by atoms with Crippen LogP contribution in [0.4, 0.5) is 9.18 Å². The molecule has 6 heteroatoms. The van der Waals surface area contributed by atoms with Crippen LogP contribution >= 0.6 is 0 Å². The zero-order valence-electron chi connectivity index (χ0n) is 20.4. The highest BCUT2D eigenvalue weighted by Gasteiger charge is 2.29. The van der Waals surface area contributed by atoms with Crippen molar-refractivity contribution >= 4 is 17.0 Å². The second kappa shape index (κ2) is 9.17. The molecule has 0 saturated carbocycles. The molecular formula is C29H30FN3O2. The van der Waals surface area contributed by atoms with Gasteiger partial charge in [-0.2, -0.15) is 0 Å². The van der Waals surface area contributed by atoms with Crippen molar-refractivity contribution in [1.29, 1.82) is 0 Å². The summed E-state index contributed by atoms with van der Waals surface area (Å²) in [6, 6.07) is 17.0. The molecule has 5 rings (SSSR count). The molecular weight excluding hydrogens is 441 g/mol. The predicted octanol–water partition coefficient (Wildman–Crippen LogP) is 6.95. The van der Waals surface area contributed by atoms with Gasteiger partial charge in [0, 0.05) is 48.3 Å². The highest BCUT2D eigenvalue weighted by molar-refractivity contribution is 5.90. The third-order valence-corrected chi connectivity index (χ3v) is 6.52. The Balaban J connectivity index is 1.50. The molecule has 1 fully saturated rings. The lowest BCUT2D eigenvalue weighted by Crippen LogP contribution is -2.41. The fourth-order valence-electron chi connectivity index (χ4n) is 4.81. The molecule has 0 atom stereocenters. The van der Waals surface area contributed by atoms with Crippen molar-refractivity contribution < 1.29 is 13.9 Å². The topological polar surface area (TPSA) is 47.4 Å². The first-order valence-corrected chi connectivity index (χ1v) is 12.1.